The maximum atomic E-state index is 10.3. The summed E-state index contributed by atoms with van der Waals surface area (Å²) in [6, 6.07) is 0. The minimum absolute atomic E-state index is 0.220. The highest BCUT2D eigenvalue weighted by Gasteiger charge is 2.06. The van der Waals surface area contributed by atoms with Crippen LogP contribution in [0, 0.1) is 0 Å². The first-order valence-corrected chi connectivity index (χ1v) is 3.56. The number of nitrogen functional groups attached to an aromatic ring is 1. The molecule has 0 spiro atoms. The molecule has 0 bridgehead atoms. The molecule has 0 saturated heterocycles. The summed E-state index contributed by atoms with van der Waals surface area (Å²) in [4.78, 5) is 17.7. The normalized spacial score (nSPS) is 11.5. The van der Waals surface area contributed by atoms with Crippen LogP contribution in [-0.4, -0.2) is 28.4 Å². The predicted octanol–water partition coefficient (Wildman–Crippen LogP) is -0.262. The number of carbonyl (C=O) groups excluding carboxylic acids is 1. The minimum Gasteiger partial charge on any atom is -0.374 e. The molecule has 1 rings (SSSR count). The Kier molecular flexibility index (Phi) is 2.27. The SMILES string of the molecule is CN=C(C=O)c1nsc(N)n1. The monoisotopic (exact) mass is 170 g/mol. The first kappa shape index (κ1) is 7.80. The average molecular weight is 170 g/mol. The molecule has 0 aliphatic heterocycles. The molecular weight excluding hydrogens is 164 g/mol. The molecule has 0 aliphatic rings. The Morgan fingerprint density at radius 2 is 2.55 bits per heavy atom. The van der Waals surface area contributed by atoms with Gasteiger partial charge in [0.2, 0.25) is 0 Å². The summed E-state index contributed by atoms with van der Waals surface area (Å²) in [6.45, 7) is 0. The van der Waals surface area contributed by atoms with Crippen LogP contribution in [0.3, 0.4) is 0 Å². The van der Waals surface area contributed by atoms with Gasteiger partial charge >= 0.3 is 0 Å². The van der Waals surface area contributed by atoms with Crippen LogP contribution in [0.5, 0.6) is 0 Å². The zero-order valence-electron chi connectivity index (χ0n) is 5.81. The first-order chi connectivity index (χ1) is 5.27. The van der Waals surface area contributed by atoms with Crippen LogP contribution in [0.4, 0.5) is 5.13 Å². The van der Waals surface area contributed by atoms with E-state index < -0.39 is 0 Å². The predicted molar refractivity (Wildman–Crippen MR) is 42.8 cm³/mol. The Balaban J connectivity index is 3.00. The lowest BCUT2D eigenvalue weighted by Crippen LogP contribution is -2.04. The molecule has 0 radical (unpaired) electrons. The van der Waals surface area contributed by atoms with Gasteiger partial charge in [0.1, 0.15) is 5.71 Å². The van der Waals surface area contributed by atoms with E-state index in [9.17, 15) is 4.79 Å². The highest BCUT2D eigenvalue weighted by atomic mass is 32.1. The van der Waals surface area contributed by atoms with Crippen molar-refractivity contribution in [2.24, 2.45) is 4.99 Å². The summed E-state index contributed by atoms with van der Waals surface area (Å²) in [5.74, 6) is 0.296. The second-order valence-corrected chi connectivity index (χ2v) is 2.47. The third kappa shape index (κ3) is 1.58. The number of nitrogens with zero attached hydrogens (tertiary/aromatic N) is 3. The number of anilines is 1. The highest BCUT2D eigenvalue weighted by molar-refractivity contribution is 7.09. The molecule has 0 fully saturated rings. The Bertz CT molecular complexity index is 292. The number of hydrogen-bond donors (Lipinski definition) is 1. The zero-order valence-corrected chi connectivity index (χ0v) is 6.63. The molecule has 0 saturated carbocycles. The van der Waals surface area contributed by atoms with Crippen LogP contribution >= 0.6 is 11.5 Å². The van der Waals surface area contributed by atoms with E-state index in [2.05, 4.69) is 14.3 Å². The maximum Gasteiger partial charge on any atom is 0.200 e. The smallest absolute Gasteiger partial charge is 0.200 e. The lowest BCUT2D eigenvalue weighted by Gasteiger charge is -1.85. The molecule has 1 aromatic heterocycles. The fraction of sp³-hybridized carbons (Fsp3) is 0.200. The van der Waals surface area contributed by atoms with Gasteiger partial charge in [-0.1, -0.05) is 0 Å². The van der Waals surface area contributed by atoms with Crippen molar-refractivity contribution in [2.45, 2.75) is 0 Å². The van der Waals surface area contributed by atoms with Crippen molar-refractivity contribution >= 4 is 28.7 Å². The standard InChI is InChI=1S/C5H6N4OS/c1-7-3(2-10)4-8-5(6)11-9-4/h2H,1H3,(H2,6,8,9). The Hall–Kier alpha value is -1.30. The van der Waals surface area contributed by atoms with E-state index in [0.717, 1.165) is 11.5 Å². The van der Waals surface area contributed by atoms with E-state index >= 15 is 0 Å². The molecule has 0 aromatic carbocycles. The zero-order chi connectivity index (χ0) is 8.27. The van der Waals surface area contributed by atoms with Crippen molar-refractivity contribution < 1.29 is 4.79 Å². The van der Waals surface area contributed by atoms with E-state index in [0.29, 0.717) is 17.2 Å². The van der Waals surface area contributed by atoms with Crippen molar-refractivity contribution in [1.82, 2.24) is 9.36 Å². The molecule has 1 aromatic rings. The van der Waals surface area contributed by atoms with E-state index in [1.54, 1.807) is 0 Å². The molecule has 58 valence electrons. The molecule has 0 amide bonds. The number of carbonyl (C=O) groups is 1. The largest absolute Gasteiger partial charge is 0.374 e. The van der Waals surface area contributed by atoms with E-state index in [1.165, 1.54) is 7.05 Å². The van der Waals surface area contributed by atoms with Gasteiger partial charge in [-0.05, 0) is 0 Å². The number of aliphatic imine (C=N–C) groups is 1. The summed E-state index contributed by atoms with van der Waals surface area (Å²) in [7, 11) is 1.50. The van der Waals surface area contributed by atoms with Gasteiger partial charge in [-0.2, -0.15) is 9.36 Å². The molecule has 11 heavy (non-hydrogen) atoms. The Morgan fingerprint density at radius 3 is 2.91 bits per heavy atom. The molecule has 6 heteroatoms. The van der Waals surface area contributed by atoms with Gasteiger partial charge in [-0.15, -0.1) is 0 Å². The fourth-order valence-electron chi connectivity index (χ4n) is 0.545. The number of aldehydes is 1. The molecule has 5 nitrogen and oxygen atoms in total. The van der Waals surface area contributed by atoms with Gasteiger partial charge in [-0.3, -0.25) is 9.79 Å². The Labute approximate surface area is 67.1 Å². The van der Waals surface area contributed by atoms with Crippen LogP contribution in [-0.2, 0) is 4.79 Å². The minimum atomic E-state index is 0.220. The van der Waals surface area contributed by atoms with Gasteiger partial charge < -0.3 is 5.73 Å². The van der Waals surface area contributed by atoms with Crippen LogP contribution in [0.1, 0.15) is 5.82 Å². The number of hydrogen-bond acceptors (Lipinski definition) is 6. The summed E-state index contributed by atoms with van der Waals surface area (Å²) in [5, 5.41) is 0.336. The van der Waals surface area contributed by atoms with Crippen molar-refractivity contribution in [1.29, 1.82) is 0 Å². The first-order valence-electron chi connectivity index (χ1n) is 2.79. The van der Waals surface area contributed by atoms with E-state index in [4.69, 9.17) is 5.73 Å². The second kappa shape index (κ2) is 3.20. The lowest BCUT2D eigenvalue weighted by molar-refractivity contribution is -0.102. The highest BCUT2D eigenvalue weighted by Crippen LogP contribution is 2.05. The summed E-state index contributed by atoms with van der Waals surface area (Å²) in [6.07, 6.45) is 0.599. The van der Waals surface area contributed by atoms with E-state index in [-0.39, 0.29) is 5.71 Å². The van der Waals surface area contributed by atoms with Gasteiger partial charge in [-0.25, -0.2) is 0 Å². The summed E-state index contributed by atoms with van der Waals surface area (Å²) < 4.78 is 3.80. The van der Waals surface area contributed by atoms with Crippen molar-refractivity contribution in [3.05, 3.63) is 5.82 Å². The average Bonchev–Trinajstić information content (AvgIpc) is 2.39. The van der Waals surface area contributed by atoms with Gasteiger partial charge in [0.15, 0.2) is 17.2 Å². The second-order valence-electron chi connectivity index (χ2n) is 1.68. The Morgan fingerprint density at radius 1 is 1.82 bits per heavy atom. The summed E-state index contributed by atoms with van der Waals surface area (Å²) >= 11 is 1.04. The maximum absolute atomic E-state index is 10.3. The van der Waals surface area contributed by atoms with Crippen molar-refractivity contribution in [2.75, 3.05) is 12.8 Å². The van der Waals surface area contributed by atoms with Crippen molar-refractivity contribution in [3.8, 4) is 0 Å². The van der Waals surface area contributed by atoms with Crippen molar-refractivity contribution in [3.63, 3.8) is 0 Å². The van der Waals surface area contributed by atoms with E-state index in [1.807, 2.05) is 0 Å². The van der Waals surface area contributed by atoms with Gasteiger partial charge in [0.05, 0.1) is 0 Å². The fourth-order valence-corrected chi connectivity index (χ4v) is 0.986. The van der Waals surface area contributed by atoms with Crippen LogP contribution in [0.15, 0.2) is 4.99 Å². The molecule has 2 N–H and O–H groups in total. The third-order valence-corrected chi connectivity index (χ3v) is 1.57. The van der Waals surface area contributed by atoms with Crippen LogP contribution in [0.25, 0.3) is 0 Å². The number of aromatic nitrogens is 2. The van der Waals surface area contributed by atoms with Crippen LogP contribution in [0.2, 0.25) is 0 Å². The molecule has 1 heterocycles. The van der Waals surface area contributed by atoms with Gasteiger partial charge in [0.25, 0.3) is 0 Å². The van der Waals surface area contributed by atoms with Gasteiger partial charge in [0, 0.05) is 18.6 Å². The quantitative estimate of drug-likeness (QED) is 0.489. The lowest BCUT2D eigenvalue weighted by atomic mass is 10.4. The molecule has 0 unspecified atom stereocenters. The molecule has 0 aliphatic carbocycles. The topological polar surface area (TPSA) is 81.2 Å². The number of rotatable bonds is 2. The molecule has 0 atom stereocenters. The third-order valence-electron chi connectivity index (χ3n) is 1.02. The summed E-state index contributed by atoms with van der Waals surface area (Å²) in [5.41, 5.74) is 5.52. The number of nitrogens with two attached hydrogens (primary N) is 1. The van der Waals surface area contributed by atoms with Crippen LogP contribution < -0.4 is 5.73 Å². The molecular formula is C5H6N4OS.